The monoisotopic (exact) mass is 237 g/mol. The molecule has 0 bridgehead atoms. The van der Waals surface area contributed by atoms with Crippen LogP contribution < -0.4 is 11.1 Å². The van der Waals surface area contributed by atoms with E-state index in [2.05, 4.69) is 22.2 Å². The van der Waals surface area contributed by atoms with Crippen molar-refractivity contribution < 1.29 is 4.92 Å². The molecule has 1 aromatic rings. The molecule has 0 radical (unpaired) electrons. The molecule has 1 aliphatic rings. The molecule has 0 aromatic carbocycles. The number of nitrogens with one attached hydrogen (secondary N) is 1. The normalized spacial score (nSPS) is 22.2. The van der Waals surface area contributed by atoms with Gasteiger partial charge in [0, 0.05) is 6.04 Å². The van der Waals surface area contributed by atoms with Gasteiger partial charge in [-0.15, -0.1) is 0 Å². The summed E-state index contributed by atoms with van der Waals surface area (Å²) in [7, 11) is 0. The van der Waals surface area contributed by atoms with Crippen molar-refractivity contribution in [3.05, 3.63) is 16.3 Å². The van der Waals surface area contributed by atoms with E-state index in [4.69, 9.17) is 5.73 Å². The summed E-state index contributed by atoms with van der Waals surface area (Å²) in [4.78, 5) is 17.7. The van der Waals surface area contributed by atoms with E-state index in [1.165, 1.54) is 6.42 Å². The average Bonchev–Trinajstić information content (AvgIpc) is 2.96. The second kappa shape index (κ2) is 4.52. The van der Waals surface area contributed by atoms with Gasteiger partial charge >= 0.3 is 5.69 Å². The fourth-order valence-electron chi connectivity index (χ4n) is 1.88. The molecular formula is C10H15N5O2. The van der Waals surface area contributed by atoms with Crippen LogP contribution in [0.4, 0.5) is 17.5 Å². The number of nitrogen functional groups attached to an aromatic ring is 1. The number of hydrogen-bond donors (Lipinski definition) is 2. The van der Waals surface area contributed by atoms with E-state index >= 15 is 0 Å². The highest BCUT2D eigenvalue weighted by Gasteiger charge is 2.36. The highest BCUT2D eigenvalue weighted by molar-refractivity contribution is 5.53. The Labute approximate surface area is 98.6 Å². The van der Waals surface area contributed by atoms with Crippen molar-refractivity contribution in [1.82, 2.24) is 9.97 Å². The van der Waals surface area contributed by atoms with Gasteiger partial charge in [0.25, 0.3) is 0 Å². The average molecular weight is 237 g/mol. The maximum absolute atomic E-state index is 10.5. The van der Waals surface area contributed by atoms with E-state index in [1.807, 2.05) is 0 Å². The summed E-state index contributed by atoms with van der Waals surface area (Å²) in [5.74, 6) is 0.942. The van der Waals surface area contributed by atoms with Gasteiger partial charge in [0.15, 0.2) is 0 Å². The zero-order chi connectivity index (χ0) is 12.4. The molecule has 1 fully saturated rings. The first-order chi connectivity index (χ1) is 8.11. The number of nitrogens with zero attached hydrogens (tertiary/aromatic N) is 3. The maximum Gasteiger partial charge on any atom is 0.329 e. The fourth-order valence-corrected chi connectivity index (χ4v) is 1.88. The Kier molecular flexibility index (Phi) is 3.08. The molecule has 1 saturated carbocycles. The second-order valence-electron chi connectivity index (χ2n) is 4.26. The Morgan fingerprint density at radius 3 is 3.06 bits per heavy atom. The molecular weight excluding hydrogens is 222 g/mol. The number of rotatable bonds is 5. The summed E-state index contributed by atoms with van der Waals surface area (Å²) in [5, 5.41) is 13.7. The minimum Gasteiger partial charge on any atom is -0.378 e. The van der Waals surface area contributed by atoms with Crippen LogP contribution >= 0.6 is 0 Å². The predicted octanol–water partition coefficient (Wildman–Crippen LogP) is 1.57. The lowest BCUT2D eigenvalue weighted by atomic mass is 10.2. The summed E-state index contributed by atoms with van der Waals surface area (Å²) in [6.45, 7) is 2.15. The zero-order valence-electron chi connectivity index (χ0n) is 9.59. The van der Waals surface area contributed by atoms with Gasteiger partial charge in [0.1, 0.15) is 6.20 Å². The second-order valence-corrected chi connectivity index (χ2v) is 4.26. The summed E-state index contributed by atoms with van der Waals surface area (Å²) in [6.07, 6.45) is 4.59. The van der Waals surface area contributed by atoms with Crippen LogP contribution in [0.1, 0.15) is 26.2 Å². The van der Waals surface area contributed by atoms with Crippen LogP contribution in [0.25, 0.3) is 0 Å². The van der Waals surface area contributed by atoms with Crippen molar-refractivity contribution in [2.75, 3.05) is 11.1 Å². The standard InChI is InChI=1S/C10H15N5O2/c1-2-3-6-4-7(6)13-10-12-5-8(15(16)17)9(11)14-10/h5-7H,2-4H2,1H3,(H3,11,12,13,14). The van der Waals surface area contributed by atoms with Gasteiger partial charge in [0.05, 0.1) is 4.92 Å². The Balaban J connectivity index is 1.99. The molecule has 17 heavy (non-hydrogen) atoms. The van der Waals surface area contributed by atoms with Crippen molar-refractivity contribution >= 4 is 17.5 Å². The van der Waals surface area contributed by atoms with Crippen molar-refractivity contribution in [3.8, 4) is 0 Å². The van der Waals surface area contributed by atoms with Gasteiger partial charge < -0.3 is 11.1 Å². The Bertz CT molecular complexity index is 437. The summed E-state index contributed by atoms with van der Waals surface area (Å²) >= 11 is 0. The SMILES string of the molecule is CCCC1CC1Nc1ncc([N+](=O)[O-])c(N)n1. The number of aromatic nitrogens is 2. The van der Waals surface area contributed by atoms with Gasteiger partial charge in [-0.25, -0.2) is 4.98 Å². The van der Waals surface area contributed by atoms with Crippen LogP contribution in [0.2, 0.25) is 0 Å². The van der Waals surface area contributed by atoms with Crippen LogP contribution in [-0.2, 0) is 0 Å². The summed E-state index contributed by atoms with van der Waals surface area (Å²) < 4.78 is 0. The molecule has 3 N–H and O–H groups in total. The molecule has 7 heteroatoms. The molecule has 2 atom stereocenters. The molecule has 1 heterocycles. The smallest absolute Gasteiger partial charge is 0.329 e. The van der Waals surface area contributed by atoms with Crippen molar-refractivity contribution in [3.63, 3.8) is 0 Å². The van der Waals surface area contributed by atoms with Gasteiger partial charge in [-0.2, -0.15) is 4.98 Å². The maximum atomic E-state index is 10.5. The molecule has 2 rings (SSSR count). The molecule has 0 aliphatic heterocycles. The summed E-state index contributed by atoms with van der Waals surface area (Å²) in [6, 6.07) is 0.385. The minimum atomic E-state index is -0.587. The third-order valence-electron chi connectivity index (χ3n) is 2.89. The summed E-state index contributed by atoms with van der Waals surface area (Å²) in [5.41, 5.74) is 5.23. The zero-order valence-corrected chi connectivity index (χ0v) is 9.59. The number of hydrogen-bond acceptors (Lipinski definition) is 6. The van der Waals surface area contributed by atoms with Gasteiger partial charge in [-0.05, 0) is 18.8 Å². The number of anilines is 2. The largest absolute Gasteiger partial charge is 0.378 e. The lowest BCUT2D eigenvalue weighted by Crippen LogP contribution is -2.10. The molecule has 1 aliphatic carbocycles. The molecule has 92 valence electrons. The minimum absolute atomic E-state index is 0.0970. The van der Waals surface area contributed by atoms with Crippen molar-refractivity contribution in [1.29, 1.82) is 0 Å². The predicted molar refractivity (Wildman–Crippen MR) is 63.5 cm³/mol. The molecule has 1 aromatic heterocycles. The van der Waals surface area contributed by atoms with Crippen molar-refractivity contribution in [2.24, 2.45) is 5.92 Å². The van der Waals surface area contributed by atoms with Crippen molar-refractivity contribution in [2.45, 2.75) is 32.2 Å². The highest BCUT2D eigenvalue weighted by Crippen LogP contribution is 2.36. The highest BCUT2D eigenvalue weighted by atomic mass is 16.6. The third kappa shape index (κ3) is 2.61. The first-order valence-corrected chi connectivity index (χ1v) is 5.65. The molecule has 7 nitrogen and oxygen atoms in total. The third-order valence-corrected chi connectivity index (χ3v) is 2.89. The number of nitrogens with two attached hydrogens (primary N) is 1. The van der Waals surface area contributed by atoms with Crippen LogP contribution in [0.3, 0.4) is 0 Å². The first kappa shape index (κ1) is 11.6. The van der Waals surface area contributed by atoms with Gasteiger partial charge in [0.2, 0.25) is 11.8 Å². The lowest BCUT2D eigenvalue weighted by Gasteiger charge is -2.04. The van der Waals surface area contributed by atoms with E-state index in [9.17, 15) is 10.1 Å². The van der Waals surface area contributed by atoms with E-state index < -0.39 is 4.92 Å². The van der Waals surface area contributed by atoms with Crippen LogP contribution in [-0.4, -0.2) is 20.9 Å². The van der Waals surface area contributed by atoms with E-state index in [0.29, 0.717) is 17.9 Å². The fraction of sp³-hybridized carbons (Fsp3) is 0.600. The van der Waals surface area contributed by atoms with E-state index in [1.54, 1.807) is 0 Å². The lowest BCUT2D eigenvalue weighted by molar-refractivity contribution is -0.384. The van der Waals surface area contributed by atoms with Crippen LogP contribution in [0.5, 0.6) is 0 Å². The van der Waals surface area contributed by atoms with Crippen LogP contribution in [0, 0.1) is 16.0 Å². The first-order valence-electron chi connectivity index (χ1n) is 5.65. The molecule has 0 amide bonds. The van der Waals surface area contributed by atoms with E-state index in [-0.39, 0.29) is 11.5 Å². The van der Waals surface area contributed by atoms with Gasteiger partial charge in [-0.3, -0.25) is 10.1 Å². The number of nitro groups is 1. The Morgan fingerprint density at radius 1 is 1.71 bits per heavy atom. The van der Waals surface area contributed by atoms with Gasteiger partial charge in [-0.1, -0.05) is 13.3 Å². The Hall–Kier alpha value is -1.92. The molecule has 2 unspecified atom stereocenters. The van der Waals surface area contributed by atoms with E-state index in [0.717, 1.165) is 19.0 Å². The quantitative estimate of drug-likeness (QED) is 0.594. The molecule has 0 spiro atoms. The Morgan fingerprint density at radius 2 is 2.47 bits per heavy atom. The van der Waals surface area contributed by atoms with Crippen LogP contribution in [0.15, 0.2) is 6.20 Å². The molecule has 0 saturated heterocycles. The topological polar surface area (TPSA) is 107 Å².